The number of hydrogen-bond acceptors (Lipinski definition) is 14. The van der Waals surface area contributed by atoms with Crippen LogP contribution in [-0.2, 0) is 55.8 Å². The van der Waals surface area contributed by atoms with Crippen molar-refractivity contribution in [3.63, 3.8) is 0 Å². The van der Waals surface area contributed by atoms with Crippen LogP contribution in [0.25, 0.3) is 0 Å². The summed E-state index contributed by atoms with van der Waals surface area (Å²) in [5.74, 6) is -1.61. The molecule has 18 heteroatoms. The number of esters is 3. The lowest BCUT2D eigenvalue weighted by molar-refractivity contribution is -0.161. The maximum Gasteiger partial charge on any atom is 0.472 e. The van der Waals surface area contributed by atoms with Crippen LogP contribution in [0.15, 0.2) is 122 Å². The molecule has 558 valence electrons. The number of rotatable bonds is 71. The molecular weight excluding hydrogens is 1270 g/mol. The summed E-state index contributed by atoms with van der Waals surface area (Å²) < 4.78 is 61.0. The fraction of sp³-hybridized carbons (Fsp3) is 0.709. The first-order chi connectivity index (χ1) is 47.2. The lowest BCUT2D eigenvalue weighted by Gasteiger charge is -2.21. The Morgan fingerprint density at radius 3 is 0.856 bits per heavy atom. The molecule has 0 saturated heterocycles. The predicted molar refractivity (Wildman–Crippen MR) is 399 cm³/mol. The Labute approximate surface area is 589 Å². The first-order valence-electron chi connectivity index (χ1n) is 37.8. The summed E-state index contributed by atoms with van der Waals surface area (Å²) in [5.41, 5.74) is 0. The third-order valence-corrected chi connectivity index (χ3v) is 17.5. The highest BCUT2D eigenvalue weighted by atomic mass is 31.2. The van der Waals surface area contributed by atoms with Gasteiger partial charge in [0.1, 0.15) is 25.4 Å². The van der Waals surface area contributed by atoms with Crippen LogP contribution < -0.4 is 0 Å². The van der Waals surface area contributed by atoms with Crippen molar-refractivity contribution in [2.45, 2.75) is 322 Å². The number of unbranched alkanes of at least 4 members (excludes halogenated alkanes) is 28. The zero-order valence-electron chi connectivity index (χ0n) is 60.7. The Bertz CT molecular complexity index is 2250. The highest BCUT2D eigenvalue weighted by Crippen LogP contribution is 2.45. The lowest BCUT2D eigenvalue weighted by Crippen LogP contribution is -2.30. The van der Waals surface area contributed by atoms with Crippen LogP contribution in [0.1, 0.15) is 303 Å². The summed E-state index contributed by atoms with van der Waals surface area (Å²) in [6.07, 6.45) is 83.8. The Morgan fingerprint density at radius 1 is 0.289 bits per heavy atom. The smallest absolute Gasteiger partial charge is 0.463 e. The van der Waals surface area contributed by atoms with Gasteiger partial charge < -0.3 is 34.2 Å². The van der Waals surface area contributed by atoms with E-state index in [9.17, 15) is 43.5 Å². The standard InChI is InChI=1S/C79H136O16P2/c1-4-7-10-13-16-19-22-25-27-29-31-33-35-36-38-40-41-43-45-48-50-53-56-59-62-65-77(82)89-68-74(80)69-91-96(85,86)92-70-75(81)71-93-97(87,88)94-73-76(95-79(84)67-64-61-58-55-52-47-24-21-18-15-12-9-6-3)72-90-78(83)66-63-60-57-54-51-49-46-44-42-39-37-34-32-30-28-26-23-20-17-14-11-8-5-2/h12,15-17,19-21,24-28,31-34,36,38-39,42,74-76,80-81H,4-11,13-14,18,22-23,29-30,35,37,40-41,43-73H2,1-3H3,(H,85,86)(H,87,88)/b15-12-,19-16-,20-17-,24-21-,27-25-,28-26-,33-31-,34-32-,38-36-,42-39-. The van der Waals surface area contributed by atoms with Crippen LogP contribution in [0, 0.1) is 0 Å². The van der Waals surface area contributed by atoms with E-state index >= 15 is 0 Å². The fourth-order valence-electron chi connectivity index (χ4n) is 9.81. The Hall–Kier alpha value is -4.05. The second-order valence-corrected chi connectivity index (χ2v) is 28.0. The summed E-state index contributed by atoms with van der Waals surface area (Å²) in [6, 6.07) is 0. The van der Waals surface area contributed by atoms with Crippen molar-refractivity contribution in [2.75, 3.05) is 39.6 Å². The van der Waals surface area contributed by atoms with Crippen molar-refractivity contribution >= 4 is 33.6 Å². The molecular formula is C79H136O16P2. The molecule has 0 aromatic heterocycles. The van der Waals surface area contributed by atoms with Gasteiger partial charge in [-0.1, -0.05) is 271 Å². The molecule has 0 bridgehead atoms. The van der Waals surface area contributed by atoms with Crippen LogP contribution in [0.2, 0.25) is 0 Å². The molecule has 0 spiro atoms. The van der Waals surface area contributed by atoms with E-state index in [1.807, 2.05) is 0 Å². The lowest BCUT2D eigenvalue weighted by atomic mass is 10.1. The topological polar surface area (TPSA) is 231 Å². The molecule has 0 rings (SSSR count). The van der Waals surface area contributed by atoms with Crippen LogP contribution in [0.5, 0.6) is 0 Å². The van der Waals surface area contributed by atoms with E-state index in [1.165, 1.54) is 77.0 Å². The SMILES string of the molecule is CCC/C=C\C/C=C\CCCCCCCC(=O)OC(COC(=O)CCCCCCCCC/C=C\C/C=C\C/C=C\C/C=C\CCCCC)COP(=O)(O)OCC(O)COP(=O)(O)OCC(O)COC(=O)CCCCCCCCCCC/C=C\C/C=C\C/C=C\C/C=C\CCCCC. The molecule has 5 atom stereocenters. The minimum atomic E-state index is -4.94. The highest BCUT2D eigenvalue weighted by Gasteiger charge is 2.29. The molecule has 0 amide bonds. The Morgan fingerprint density at radius 2 is 0.536 bits per heavy atom. The summed E-state index contributed by atoms with van der Waals surface area (Å²) in [4.78, 5) is 58.5. The van der Waals surface area contributed by atoms with Gasteiger partial charge in [-0.3, -0.25) is 32.5 Å². The van der Waals surface area contributed by atoms with Gasteiger partial charge in [-0.05, 0) is 135 Å². The van der Waals surface area contributed by atoms with E-state index in [4.69, 9.17) is 32.3 Å². The third kappa shape index (κ3) is 73.0. The molecule has 0 aliphatic heterocycles. The van der Waals surface area contributed by atoms with Gasteiger partial charge in [0.15, 0.2) is 6.10 Å². The predicted octanol–water partition coefficient (Wildman–Crippen LogP) is 21.8. The van der Waals surface area contributed by atoms with Crippen molar-refractivity contribution in [1.29, 1.82) is 0 Å². The molecule has 16 nitrogen and oxygen atoms in total. The van der Waals surface area contributed by atoms with Gasteiger partial charge in [0, 0.05) is 19.3 Å². The number of phosphoric ester groups is 2. The van der Waals surface area contributed by atoms with Crippen molar-refractivity contribution < 1.29 is 75.8 Å². The molecule has 0 aromatic rings. The first-order valence-corrected chi connectivity index (χ1v) is 40.8. The van der Waals surface area contributed by atoms with Crippen molar-refractivity contribution in [2.24, 2.45) is 0 Å². The molecule has 0 fully saturated rings. The van der Waals surface area contributed by atoms with Crippen molar-refractivity contribution in [3.8, 4) is 0 Å². The van der Waals surface area contributed by atoms with E-state index in [0.29, 0.717) is 19.3 Å². The zero-order valence-corrected chi connectivity index (χ0v) is 62.5. The number of hydrogen-bond donors (Lipinski definition) is 4. The van der Waals surface area contributed by atoms with Gasteiger partial charge in [0.2, 0.25) is 0 Å². The number of aliphatic hydroxyl groups is 2. The number of ether oxygens (including phenoxy) is 3. The molecule has 0 aliphatic rings. The van der Waals surface area contributed by atoms with Crippen LogP contribution in [0.3, 0.4) is 0 Å². The molecule has 5 unspecified atom stereocenters. The van der Waals surface area contributed by atoms with Gasteiger partial charge in [-0.2, -0.15) is 0 Å². The summed E-state index contributed by atoms with van der Waals surface area (Å²) in [6.45, 7) is 2.52. The number of phosphoric acid groups is 2. The number of aliphatic hydroxyl groups excluding tert-OH is 2. The first kappa shape index (κ1) is 93.0. The highest BCUT2D eigenvalue weighted by molar-refractivity contribution is 7.47. The summed E-state index contributed by atoms with van der Waals surface area (Å²) in [7, 11) is -9.79. The van der Waals surface area contributed by atoms with E-state index in [-0.39, 0.29) is 19.3 Å². The average molecular weight is 1400 g/mol. The van der Waals surface area contributed by atoms with Crippen molar-refractivity contribution in [3.05, 3.63) is 122 Å². The molecule has 0 aliphatic carbocycles. The van der Waals surface area contributed by atoms with E-state index in [1.54, 1.807) is 0 Å². The third-order valence-electron chi connectivity index (χ3n) is 15.6. The molecule has 4 N–H and O–H groups in total. The van der Waals surface area contributed by atoms with E-state index in [0.717, 1.165) is 167 Å². The average Bonchev–Trinajstić information content (AvgIpc) is 3.70. The molecule has 97 heavy (non-hydrogen) atoms. The van der Waals surface area contributed by atoms with Crippen LogP contribution in [-0.4, -0.2) is 95.9 Å². The van der Waals surface area contributed by atoms with Crippen LogP contribution in [0.4, 0.5) is 0 Å². The van der Waals surface area contributed by atoms with Gasteiger partial charge in [-0.25, -0.2) is 9.13 Å². The van der Waals surface area contributed by atoms with Gasteiger partial charge >= 0.3 is 33.6 Å². The largest absolute Gasteiger partial charge is 0.472 e. The molecule has 0 radical (unpaired) electrons. The Balaban J connectivity index is 4.58. The van der Waals surface area contributed by atoms with Gasteiger partial charge in [-0.15, -0.1) is 0 Å². The van der Waals surface area contributed by atoms with E-state index < -0.39 is 91.5 Å². The summed E-state index contributed by atoms with van der Waals surface area (Å²) >= 11 is 0. The fourth-order valence-corrected chi connectivity index (χ4v) is 11.4. The van der Waals surface area contributed by atoms with Gasteiger partial charge in [0.05, 0.1) is 26.4 Å². The normalized spacial score (nSPS) is 14.8. The quantitative estimate of drug-likeness (QED) is 0.0146. The minimum absolute atomic E-state index is 0.0832. The van der Waals surface area contributed by atoms with E-state index in [2.05, 4.69) is 142 Å². The zero-order chi connectivity index (χ0) is 70.9. The second-order valence-electron chi connectivity index (χ2n) is 25.1. The van der Waals surface area contributed by atoms with Crippen LogP contribution >= 0.6 is 15.6 Å². The monoisotopic (exact) mass is 1400 g/mol. The maximum atomic E-state index is 12.9. The number of carbonyl (C=O) groups excluding carboxylic acids is 3. The summed E-state index contributed by atoms with van der Waals surface area (Å²) in [5, 5.41) is 20.6. The molecule has 0 saturated carbocycles. The molecule has 0 aromatic carbocycles. The van der Waals surface area contributed by atoms with Crippen molar-refractivity contribution in [1.82, 2.24) is 0 Å². The minimum Gasteiger partial charge on any atom is -0.463 e. The molecule has 0 heterocycles. The van der Waals surface area contributed by atoms with Gasteiger partial charge in [0.25, 0.3) is 0 Å². The maximum absolute atomic E-state index is 12.9. The number of carbonyl (C=O) groups is 3. The second kappa shape index (κ2) is 71.8. The number of allylic oxidation sites excluding steroid dienone is 20. The Kier molecular flexibility index (Phi) is 68.8.